The number of quaternary nitrogens is 1. The predicted molar refractivity (Wildman–Crippen MR) is 94.2 cm³/mol. The van der Waals surface area contributed by atoms with Crippen molar-refractivity contribution in [2.45, 2.75) is 32.4 Å². The zero-order chi connectivity index (χ0) is 18.2. The summed E-state index contributed by atoms with van der Waals surface area (Å²) in [4.78, 5) is 24.8. The number of imide groups is 1. The molecule has 25 heavy (non-hydrogen) atoms. The Labute approximate surface area is 146 Å². The molecule has 3 atom stereocenters. The molecule has 2 unspecified atom stereocenters. The fourth-order valence-electron chi connectivity index (χ4n) is 3.72. The monoisotopic (exact) mass is 340 g/mol. The molecule has 5 heteroatoms. The first-order valence-electron chi connectivity index (χ1n) is 8.36. The molecule has 1 saturated heterocycles. The Morgan fingerprint density at radius 3 is 2.24 bits per heavy atom. The van der Waals surface area contributed by atoms with Gasteiger partial charge < -0.3 is 10.2 Å². The molecule has 0 saturated carbocycles. The molecule has 1 aliphatic heterocycles. The maximum atomic E-state index is 13.0. The molecule has 2 amide bonds. The molecule has 0 aliphatic carbocycles. The summed E-state index contributed by atoms with van der Waals surface area (Å²) in [5.41, 5.74) is 3.53. The standard InChI is InChI=1S/C20H21NO4/c1-13-5-3-4-6-18(13)15-7-9-16(10-8-15)19(23)21(20(24)25)12-17(22)11-14(21)2/h3-10,14,17,22H,11-12H2,1-2H3/p+1/t14?,17-,21?/m1/s1. The van der Waals surface area contributed by atoms with Crippen LogP contribution in [0.4, 0.5) is 4.79 Å². The summed E-state index contributed by atoms with van der Waals surface area (Å²) in [6, 6.07) is 14.5. The molecule has 0 radical (unpaired) electrons. The van der Waals surface area contributed by atoms with Crippen molar-refractivity contribution in [2.24, 2.45) is 0 Å². The van der Waals surface area contributed by atoms with E-state index in [1.165, 1.54) is 0 Å². The fraction of sp³-hybridized carbons (Fsp3) is 0.300. The number of carbonyl (C=O) groups is 2. The number of rotatable bonds is 2. The number of aliphatic hydroxyl groups is 1. The Balaban J connectivity index is 1.95. The molecule has 5 nitrogen and oxygen atoms in total. The average molecular weight is 340 g/mol. The molecule has 2 aromatic carbocycles. The lowest BCUT2D eigenvalue weighted by Crippen LogP contribution is -2.59. The zero-order valence-corrected chi connectivity index (χ0v) is 14.3. The number of aliphatic hydroxyl groups excluding tert-OH is 1. The van der Waals surface area contributed by atoms with Crippen LogP contribution in [0.2, 0.25) is 0 Å². The van der Waals surface area contributed by atoms with E-state index in [1.807, 2.05) is 43.3 Å². The van der Waals surface area contributed by atoms with Gasteiger partial charge in [-0.05, 0) is 42.7 Å². The van der Waals surface area contributed by atoms with E-state index in [9.17, 15) is 19.8 Å². The van der Waals surface area contributed by atoms with Crippen LogP contribution < -0.4 is 0 Å². The van der Waals surface area contributed by atoms with Gasteiger partial charge in [0.05, 0.1) is 5.56 Å². The van der Waals surface area contributed by atoms with Crippen LogP contribution in [0.5, 0.6) is 0 Å². The smallest absolute Gasteiger partial charge is 0.435 e. The highest BCUT2D eigenvalue weighted by atomic mass is 16.4. The molecule has 130 valence electrons. The first-order chi connectivity index (χ1) is 11.9. The van der Waals surface area contributed by atoms with Crippen molar-refractivity contribution in [3.05, 3.63) is 59.7 Å². The van der Waals surface area contributed by atoms with Crippen LogP contribution in [0.15, 0.2) is 48.5 Å². The van der Waals surface area contributed by atoms with E-state index in [0.29, 0.717) is 12.0 Å². The molecule has 0 aromatic heterocycles. The number of aryl methyl sites for hydroxylation is 1. The lowest BCUT2D eigenvalue weighted by Gasteiger charge is -2.29. The molecular weight excluding hydrogens is 318 g/mol. The third-order valence-corrected chi connectivity index (χ3v) is 5.16. The van der Waals surface area contributed by atoms with Crippen molar-refractivity contribution >= 4 is 12.0 Å². The van der Waals surface area contributed by atoms with Crippen molar-refractivity contribution < 1.29 is 24.3 Å². The lowest BCUT2D eigenvalue weighted by molar-refractivity contribution is -0.787. The molecule has 1 aliphatic rings. The number of likely N-dealkylation sites (tertiary alicyclic amines) is 1. The van der Waals surface area contributed by atoms with Crippen molar-refractivity contribution in [1.29, 1.82) is 0 Å². The molecule has 1 fully saturated rings. The molecule has 2 aromatic rings. The van der Waals surface area contributed by atoms with Crippen LogP contribution in [0.25, 0.3) is 11.1 Å². The Hall–Kier alpha value is -2.50. The van der Waals surface area contributed by atoms with E-state index in [-0.39, 0.29) is 6.54 Å². The molecule has 0 bridgehead atoms. The zero-order valence-electron chi connectivity index (χ0n) is 14.3. The lowest BCUT2D eigenvalue weighted by atomic mass is 9.99. The Kier molecular flexibility index (Phi) is 4.45. The predicted octanol–water partition coefficient (Wildman–Crippen LogP) is 3.45. The van der Waals surface area contributed by atoms with Crippen LogP contribution >= 0.6 is 0 Å². The average Bonchev–Trinajstić information content (AvgIpc) is 2.90. The minimum atomic E-state index is -1.21. The second-order valence-corrected chi connectivity index (χ2v) is 6.77. The maximum absolute atomic E-state index is 13.0. The van der Waals surface area contributed by atoms with Gasteiger partial charge in [-0.3, -0.25) is 0 Å². The summed E-state index contributed by atoms with van der Waals surface area (Å²) < 4.78 is -0.745. The number of carboxylic acid groups (broad SMARTS) is 1. The van der Waals surface area contributed by atoms with E-state index in [2.05, 4.69) is 0 Å². The van der Waals surface area contributed by atoms with Gasteiger partial charge in [-0.25, -0.2) is 4.79 Å². The van der Waals surface area contributed by atoms with Gasteiger partial charge in [0.2, 0.25) is 0 Å². The summed E-state index contributed by atoms with van der Waals surface area (Å²) in [6.45, 7) is 3.63. The molecule has 3 rings (SSSR count). The Bertz CT molecular complexity index is 815. The van der Waals surface area contributed by atoms with Crippen molar-refractivity contribution in [3.63, 3.8) is 0 Å². The van der Waals surface area contributed by atoms with Crippen LogP contribution in [0, 0.1) is 6.92 Å². The number of hydrogen-bond acceptors (Lipinski definition) is 3. The first kappa shape index (κ1) is 17.3. The highest BCUT2D eigenvalue weighted by Crippen LogP contribution is 2.31. The van der Waals surface area contributed by atoms with Gasteiger partial charge in [-0.2, -0.15) is 9.28 Å². The summed E-state index contributed by atoms with van der Waals surface area (Å²) in [6.07, 6.45) is -1.68. The SMILES string of the molecule is Cc1ccccc1-c1ccc(C(=O)[N+]2(C(=O)O)C[C@H](O)CC2C)cc1. The van der Waals surface area contributed by atoms with Crippen LogP contribution in [0.3, 0.4) is 0 Å². The second kappa shape index (κ2) is 6.43. The van der Waals surface area contributed by atoms with Gasteiger partial charge >= 0.3 is 12.0 Å². The minimum Gasteiger partial charge on any atom is -0.435 e. The Morgan fingerprint density at radius 1 is 1.08 bits per heavy atom. The summed E-state index contributed by atoms with van der Waals surface area (Å²) in [7, 11) is 0. The van der Waals surface area contributed by atoms with Crippen LogP contribution in [-0.4, -0.2) is 45.4 Å². The first-order valence-corrected chi connectivity index (χ1v) is 8.36. The third kappa shape index (κ3) is 2.86. The number of hydrogen-bond donors (Lipinski definition) is 2. The molecule has 1 heterocycles. The van der Waals surface area contributed by atoms with E-state index >= 15 is 0 Å². The summed E-state index contributed by atoms with van der Waals surface area (Å²) >= 11 is 0. The highest BCUT2D eigenvalue weighted by Gasteiger charge is 2.56. The maximum Gasteiger partial charge on any atom is 0.521 e. The van der Waals surface area contributed by atoms with Gasteiger partial charge in [0.15, 0.2) is 0 Å². The Morgan fingerprint density at radius 2 is 1.72 bits per heavy atom. The van der Waals surface area contributed by atoms with Crippen LogP contribution in [-0.2, 0) is 0 Å². The summed E-state index contributed by atoms with van der Waals surface area (Å²) in [5.74, 6) is -0.479. The minimum absolute atomic E-state index is 0.0884. The quantitative estimate of drug-likeness (QED) is 0.821. The second-order valence-electron chi connectivity index (χ2n) is 6.77. The number of benzene rings is 2. The van der Waals surface area contributed by atoms with Crippen molar-refractivity contribution in [3.8, 4) is 11.1 Å². The van der Waals surface area contributed by atoms with E-state index in [4.69, 9.17) is 0 Å². The largest absolute Gasteiger partial charge is 0.521 e. The van der Waals surface area contributed by atoms with E-state index in [0.717, 1.165) is 16.7 Å². The van der Waals surface area contributed by atoms with Crippen LogP contribution in [0.1, 0.15) is 29.3 Å². The molecular formula is C20H22NO4+. The van der Waals surface area contributed by atoms with Gasteiger partial charge in [0.1, 0.15) is 18.7 Å². The molecule has 2 N–H and O–H groups in total. The van der Waals surface area contributed by atoms with E-state index in [1.54, 1.807) is 19.1 Å². The van der Waals surface area contributed by atoms with Crippen molar-refractivity contribution in [1.82, 2.24) is 0 Å². The van der Waals surface area contributed by atoms with Crippen molar-refractivity contribution in [2.75, 3.05) is 6.54 Å². The third-order valence-electron chi connectivity index (χ3n) is 5.16. The van der Waals surface area contributed by atoms with Gasteiger partial charge in [-0.15, -0.1) is 0 Å². The molecule has 0 spiro atoms. The van der Waals surface area contributed by atoms with Gasteiger partial charge in [0.25, 0.3) is 0 Å². The fourth-order valence-corrected chi connectivity index (χ4v) is 3.72. The number of nitrogens with zero attached hydrogens (tertiary/aromatic N) is 1. The topological polar surface area (TPSA) is 74.6 Å². The normalized spacial score (nSPS) is 25.7. The number of amides is 2. The van der Waals surface area contributed by atoms with Gasteiger partial charge in [0, 0.05) is 6.42 Å². The van der Waals surface area contributed by atoms with E-state index < -0.39 is 28.6 Å². The summed E-state index contributed by atoms with van der Waals surface area (Å²) in [5, 5.41) is 19.6. The van der Waals surface area contributed by atoms with Gasteiger partial charge in [-0.1, -0.05) is 36.4 Å². The highest BCUT2D eigenvalue weighted by molar-refractivity contribution is 5.95. The number of carbonyl (C=O) groups excluding carboxylic acids is 1.